The molecule has 2 N–H and O–H groups in total. The lowest BCUT2D eigenvalue weighted by Crippen LogP contribution is -2.62. The van der Waals surface area contributed by atoms with Crippen LogP contribution in [0.1, 0.15) is 29.9 Å². The number of amides is 2. The highest BCUT2D eigenvalue weighted by Crippen LogP contribution is 2.45. The van der Waals surface area contributed by atoms with Crippen molar-refractivity contribution in [1.29, 1.82) is 0 Å². The number of carbonyl (C=O) groups excluding carboxylic acids is 2. The highest BCUT2D eigenvalue weighted by Gasteiger charge is 2.63. The third kappa shape index (κ3) is 4.20. The van der Waals surface area contributed by atoms with E-state index in [1.165, 1.54) is 24.3 Å². The van der Waals surface area contributed by atoms with Gasteiger partial charge in [0.05, 0.1) is 0 Å². The van der Waals surface area contributed by atoms with Crippen molar-refractivity contribution in [2.45, 2.75) is 36.1 Å². The van der Waals surface area contributed by atoms with Gasteiger partial charge in [-0.25, -0.2) is 9.18 Å². The highest BCUT2D eigenvalue weighted by atomic mass is 35.5. The van der Waals surface area contributed by atoms with Crippen LogP contribution in [0.5, 0.6) is 0 Å². The van der Waals surface area contributed by atoms with Crippen molar-refractivity contribution >= 4 is 23.6 Å². The lowest BCUT2D eigenvalue weighted by atomic mass is 9.74. The Bertz CT molecular complexity index is 1090. The fourth-order valence-electron chi connectivity index (χ4n) is 4.67. The maximum atomic E-state index is 14.0. The highest BCUT2D eigenvalue weighted by molar-refractivity contribution is 6.30. The van der Waals surface area contributed by atoms with Gasteiger partial charge in [-0.3, -0.25) is 4.79 Å². The molecule has 2 atom stereocenters. The molecule has 2 aromatic rings. The van der Waals surface area contributed by atoms with E-state index in [1.54, 1.807) is 12.1 Å². The van der Waals surface area contributed by atoms with Gasteiger partial charge in [0.1, 0.15) is 11.4 Å². The molecule has 2 aliphatic heterocycles. The molecule has 11 heteroatoms. The van der Waals surface area contributed by atoms with Crippen LogP contribution >= 0.6 is 11.6 Å². The molecule has 2 fully saturated rings. The number of hydrogen-bond acceptors (Lipinski definition) is 4. The van der Waals surface area contributed by atoms with Gasteiger partial charge >= 0.3 is 12.3 Å². The number of hydrogen-bond donors (Lipinski definition) is 2. The molecule has 2 saturated heterocycles. The van der Waals surface area contributed by atoms with Crippen molar-refractivity contribution in [3.63, 3.8) is 0 Å². The molecule has 2 heterocycles. The molecule has 4 rings (SSSR count). The number of likely N-dealkylation sites (tertiary alicyclic amines) is 1. The second kappa shape index (κ2) is 8.74. The first-order chi connectivity index (χ1) is 16.0. The summed E-state index contributed by atoms with van der Waals surface area (Å²) in [4.78, 5) is 26.0. The molecule has 0 radical (unpaired) electrons. The van der Waals surface area contributed by atoms with E-state index in [2.05, 4.69) is 5.32 Å². The fourth-order valence-corrected chi connectivity index (χ4v) is 4.86. The Kier molecular flexibility index (Phi) is 6.24. The van der Waals surface area contributed by atoms with Crippen LogP contribution in [-0.2, 0) is 15.1 Å². The fraction of sp³-hybridized carbons (Fsp3) is 0.391. The van der Waals surface area contributed by atoms with Crippen LogP contribution in [0.25, 0.3) is 0 Å². The minimum Gasteiger partial charge on any atom is -0.442 e. The van der Waals surface area contributed by atoms with Gasteiger partial charge in [-0.15, -0.1) is 0 Å². The second-order valence-electron chi connectivity index (χ2n) is 8.45. The third-order valence-electron chi connectivity index (χ3n) is 6.51. The summed E-state index contributed by atoms with van der Waals surface area (Å²) in [5.41, 5.74) is -4.88. The van der Waals surface area contributed by atoms with Gasteiger partial charge in [-0.05, 0) is 29.8 Å². The molecular weight excluding hydrogens is 480 g/mol. The van der Waals surface area contributed by atoms with E-state index in [-0.39, 0.29) is 37.5 Å². The summed E-state index contributed by atoms with van der Waals surface area (Å²) in [6.07, 6.45) is -5.90. The normalized spacial score (nSPS) is 22.0. The van der Waals surface area contributed by atoms with Crippen molar-refractivity contribution in [3.05, 3.63) is 70.5 Å². The lowest BCUT2D eigenvalue weighted by molar-refractivity contribution is -0.262. The first-order valence-corrected chi connectivity index (χ1v) is 10.9. The Morgan fingerprint density at radius 3 is 2.38 bits per heavy atom. The van der Waals surface area contributed by atoms with Crippen LogP contribution in [0.2, 0.25) is 5.02 Å². The molecule has 1 spiro atoms. The van der Waals surface area contributed by atoms with Crippen LogP contribution < -0.4 is 5.32 Å². The summed E-state index contributed by atoms with van der Waals surface area (Å²) in [5.74, 6) is -2.38. The summed E-state index contributed by atoms with van der Waals surface area (Å²) in [7, 11) is 0. The molecule has 6 nitrogen and oxygen atoms in total. The molecule has 1 unspecified atom stereocenters. The van der Waals surface area contributed by atoms with Crippen molar-refractivity contribution in [2.75, 3.05) is 19.6 Å². The van der Waals surface area contributed by atoms with E-state index in [0.29, 0.717) is 5.56 Å². The van der Waals surface area contributed by atoms with Crippen molar-refractivity contribution in [3.8, 4) is 0 Å². The number of alkyl halides is 3. The van der Waals surface area contributed by atoms with Gasteiger partial charge in [-0.2, -0.15) is 13.2 Å². The first kappa shape index (κ1) is 24.3. The van der Waals surface area contributed by atoms with Gasteiger partial charge in [0.15, 0.2) is 0 Å². The standard InChI is InChI=1S/C23H21ClF4N2O4/c24-16-3-1-2-15(12-16)22(33,23(26,27)28)19(31)30-10-8-21(9-11-30)18(13-29-20(32)34-21)14-4-6-17(25)7-5-14/h1-7,12,18,33H,8-11,13H2,(H,29,32)/t18?,22-/m0/s1. The lowest BCUT2D eigenvalue weighted by Gasteiger charge is -2.49. The number of piperidine rings is 1. The van der Waals surface area contributed by atoms with E-state index in [0.717, 1.165) is 17.0 Å². The third-order valence-corrected chi connectivity index (χ3v) is 6.75. The molecular formula is C23H21ClF4N2O4. The molecule has 0 aromatic heterocycles. The minimum atomic E-state index is -5.30. The minimum absolute atomic E-state index is 0.0394. The molecule has 182 valence electrons. The Morgan fingerprint density at radius 2 is 1.79 bits per heavy atom. The Labute approximate surface area is 197 Å². The molecule has 2 aliphatic rings. The van der Waals surface area contributed by atoms with E-state index >= 15 is 0 Å². The molecule has 2 amide bonds. The van der Waals surface area contributed by atoms with Gasteiger partial charge in [0, 0.05) is 49.0 Å². The monoisotopic (exact) mass is 500 g/mol. The van der Waals surface area contributed by atoms with Crippen molar-refractivity contribution in [2.24, 2.45) is 0 Å². The Morgan fingerprint density at radius 1 is 1.15 bits per heavy atom. The number of ether oxygens (including phenoxy) is 1. The Hall–Kier alpha value is -2.85. The zero-order valence-corrected chi connectivity index (χ0v) is 18.5. The number of carbonyl (C=O) groups is 2. The first-order valence-electron chi connectivity index (χ1n) is 10.5. The molecule has 2 aromatic carbocycles. The number of nitrogens with one attached hydrogen (secondary N) is 1. The summed E-state index contributed by atoms with van der Waals surface area (Å²) in [5, 5.41) is 13.2. The number of aliphatic hydroxyl groups is 1. The quantitative estimate of drug-likeness (QED) is 0.622. The Balaban J connectivity index is 1.60. The number of nitrogens with zero attached hydrogens (tertiary/aromatic N) is 1. The number of rotatable bonds is 3. The average molecular weight is 501 g/mol. The van der Waals surface area contributed by atoms with Gasteiger partial charge in [0.2, 0.25) is 0 Å². The predicted molar refractivity (Wildman–Crippen MR) is 114 cm³/mol. The molecule has 0 bridgehead atoms. The van der Waals surface area contributed by atoms with E-state index in [1.807, 2.05) is 0 Å². The zero-order valence-electron chi connectivity index (χ0n) is 17.7. The summed E-state index contributed by atoms with van der Waals surface area (Å²) < 4.78 is 61.0. The zero-order chi connectivity index (χ0) is 24.7. The SMILES string of the molecule is O=C1NCC(c2ccc(F)cc2)C2(CCN(C(=O)[C@@](O)(c3cccc(Cl)c3)C(F)(F)F)CC2)O1. The number of benzene rings is 2. The van der Waals surface area contributed by atoms with Crippen molar-refractivity contribution in [1.82, 2.24) is 10.2 Å². The topological polar surface area (TPSA) is 78.9 Å². The van der Waals surface area contributed by atoms with E-state index in [9.17, 15) is 32.3 Å². The molecule has 0 aliphatic carbocycles. The van der Waals surface area contributed by atoms with Gasteiger partial charge in [-0.1, -0.05) is 35.9 Å². The van der Waals surface area contributed by atoms with E-state index in [4.69, 9.17) is 16.3 Å². The summed E-state index contributed by atoms with van der Waals surface area (Å²) >= 11 is 5.81. The van der Waals surface area contributed by atoms with E-state index < -0.39 is 46.7 Å². The molecule has 34 heavy (non-hydrogen) atoms. The van der Waals surface area contributed by atoms with Crippen LogP contribution in [0.3, 0.4) is 0 Å². The van der Waals surface area contributed by atoms with Crippen molar-refractivity contribution < 1.29 is 37.0 Å². The summed E-state index contributed by atoms with van der Waals surface area (Å²) in [6.45, 7) is -0.195. The number of alkyl carbamates (subject to hydrolysis) is 1. The average Bonchev–Trinajstić information content (AvgIpc) is 2.79. The van der Waals surface area contributed by atoms with Crippen LogP contribution in [0.15, 0.2) is 48.5 Å². The smallest absolute Gasteiger partial charge is 0.430 e. The maximum Gasteiger partial charge on any atom is 0.430 e. The predicted octanol–water partition coefficient (Wildman–Crippen LogP) is 4.11. The maximum absolute atomic E-state index is 14.0. The largest absolute Gasteiger partial charge is 0.442 e. The van der Waals surface area contributed by atoms with Crippen LogP contribution in [0, 0.1) is 5.82 Å². The second-order valence-corrected chi connectivity index (χ2v) is 8.89. The number of halogens is 5. The van der Waals surface area contributed by atoms with Crippen LogP contribution in [-0.4, -0.2) is 53.4 Å². The summed E-state index contributed by atoms with van der Waals surface area (Å²) in [6, 6.07) is 10.1. The van der Waals surface area contributed by atoms with Gasteiger partial charge < -0.3 is 20.1 Å². The van der Waals surface area contributed by atoms with Crippen LogP contribution in [0.4, 0.5) is 22.4 Å². The van der Waals surface area contributed by atoms with Gasteiger partial charge in [0.25, 0.3) is 11.5 Å². The molecule has 0 saturated carbocycles.